The maximum absolute atomic E-state index is 12.0. The predicted octanol–water partition coefficient (Wildman–Crippen LogP) is 2.96. The Bertz CT molecular complexity index is 248. The van der Waals surface area contributed by atoms with Crippen molar-refractivity contribution in [1.29, 1.82) is 0 Å². The van der Waals surface area contributed by atoms with Gasteiger partial charge in [-0.1, -0.05) is 6.92 Å². The number of hydrogen-bond acceptors (Lipinski definition) is 2. The first-order valence-electron chi connectivity index (χ1n) is 4.55. The molecule has 0 aliphatic rings. The summed E-state index contributed by atoms with van der Waals surface area (Å²) in [5.41, 5.74) is 0. The summed E-state index contributed by atoms with van der Waals surface area (Å²) in [7, 11) is 1.05. The summed E-state index contributed by atoms with van der Waals surface area (Å²) in [6, 6.07) is 0. The van der Waals surface area contributed by atoms with Gasteiger partial charge in [-0.3, -0.25) is 0 Å². The van der Waals surface area contributed by atoms with E-state index in [2.05, 4.69) is 4.74 Å². The normalized spacial score (nSPS) is 12.8. The number of hydrogen-bond donors (Lipinski definition) is 0. The lowest BCUT2D eigenvalue weighted by molar-refractivity contribution is -0.308. The van der Waals surface area contributed by atoms with Crippen molar-refractivity contribution in [2.24, 2.45) is 0 Å². The van der Waals surface area contributed by atoms with E-state index in [9.17, 15) is 31.1 Å². The van der Waals surface area contributed by atoms with Gasteiger partial charge in [-0.25, -0.2) is 4.79 Å². The van der Waals surface area contributed by atoms with Crippen molar-refractivity contribution in [3.63, 3.8) is 0 Å². The minimum Gasteiger partial charge on any atom is -0.426 e. The molecule has 0 atom stereocenters. The van der Waals surface area contributed by atoms with Gasteiger partial charge in [0, 0.05) is 13.6 Å². The molecule has 0 bridgehead atoms. The Kier molecular flexibility index (Phi) is 5.09. The topological polar surface area (TPSA) is 29.5 Å². The predicted molar refractivity (Wildman–Crippen MR) is 45.3 cm³/mol. The molecule has 0 aliphatic carbocycles. The van der Waals surface area contributed by atoms with Gasteiger partial charge in [0.15, 0.2) is 0 Å². The summed E-state index contributed by atoms with van der Waals surface area (Å²) in [4.78, 5) is 11.6. The summed E-state index contributed by atoms with van der Waals surface area (Å²) in [6.45, 7) is 1.61. The van der Waals surface area contributed by atoms with Crippen LogP contribution in [0.3, 0.4) is 0 Å². The van der Waals surface area contributed by atoms with Crippen molar-refractivity contribution in [2.45, 2.75) is 31.8 Å². The molecule has 0 aromatic carbocycles. The van der Waals surface area contributed by atoms with Crippen LogP contribution >= 0.6 is 0 Å². The largest absolute Gasteiger partial charge is 0.434 e. The van der Waals surface area contributed by atoms with Crippen LogP contribution in [0.1, 0.15) is 13.3 Å². The lowest BCUT2D eigenvalue weighted by Gasteiger charge is -2.25. The van der Waals surface area contributed by atoms with E-state index in [0.29, 0.717) is 11.3 Å². The van der Waals surface area contributed by atoms with Crippen LogP contribution in [0.5, 0.6) is 0 Å². The molecule has 0 heterocycles. The average Bonchev–Trinajstić information content (AvgIpc) is 2.10. The summed E-state index contributed by atoms with van der Waals surface area (Å²) in [6.07, 6.45) is -16.7. The Morgan fingerprint density at radius 3 is 1.88 bits per heavy atom. The second-order valence-corrected chi connectivity index (χ2v) is 3.27. The van der Waals surface area contributed by atoms with E-state index in [4.69, 9.17) is 0 Å². The highest BCUT2D eigenvalue weighted by Crippen LogP contribution is 2.35. The molecule has 0 spiro atoms. The first-order valence-corrected chi connectivity index (χ1v) is 4.55. The highest BCUT2D eigenvalue weighted by Gasteiger charge is 2.60. The Hall–Kier alpha value is -1.15. The number of ether oxygens (including phenoxy) is 1. The molecular formula is C8H11F6NO2. The van der Waals surface area contributed by atoms with Gasteiger partial charge in [0.2, 0.25) is 0 Å². The maximum Gasteiger partial charge on any atom is 0.434 e. The van der Waals surface area contributed by atoms with Crippen molar-refractivity contribution in [2.75, 3.05) is 13.6 Å². The monoisotopic (exact) mass is 267 g/mol. The molecule has 0 aromatic heterocycles. The first kappa shape index (κ1) is 15.9. The summed E-state index contributed by atoms with van der Waals surface area (Å²) >= 11 is 0. The fourth-order valence-electron chi connectivity index (χ4n) is 0.937. The van der Waals surface area contributed by atoms with Gasteiger partial charge in [-0.05, 0) is 6.42 Å². The molecular weight excluding hydrogens is 256 g/mol. The lowest BCUT2D eigenvalue weighted by Crippen LogP contribution is -2.47. The zero-order valence-corrected chi connectivity index (χ0v) is 9.02. The maximum atomic E-state index is 12.0. The number of alkyl halides is 6. The van der Waals surface area contributed by atoms with E-state index in [1.807, 2.05) is 0 Å². The van der Waals surface area contributed by atoms with Crippen LogP contribution in [-0.2, 0) is 4.74 Å². The molecule has 0 aliphatic heterocycles. The number of amides is 1. The fourth-order valence-corrected chi connectivity index (χ4v) is 0.937. The summed E-state index contributed by atoms with van der Waals surface area (Å²) < 4.78 is 75.5. The highest BCUT2D eigenvalue weighted by atomic mass is 19.4. The second kappa shape index (κ2) is 5.46. The van der Waals surface area contributed by atoms with Gasteiger partial charge in [0.25, 0.3) is 6.10 Å². The molecule has 0 N–H and O–H groups in total. The van der Waals surface area contributed by atoms with Crippen molar-refractivity contribution < 1.29 is 35.9 Å². The third-order valence-electron chi connectivity index (χ3n) is 1.68. The van der Waals surface area contributed by atoms with Crippen LogP contribution in [0, 0.1) is 0 Å². The first-order chi connectivity index (χ1) is 7.50. The minimum atomic E-state index is -5.68. The summed E-state index contributed by atoms with van der Waals surface area (Å²) in [5, 5.41) is 0. The van der Waals surface area contributed by atoms with Gasteiger partial charge >= 0.3 is 18.4 Å². The fraction of sp³-hybridized carbons (Fsp3) is 0.875. The van der Waals surface area contributed by atoms with Gasteiger partial charge in [0.05, 0.1) is 0 Å². The van der Waals surface area contributed by atoms with E-state index >= 15 is 0 Å². The number of nitrogens with zero attached hydrogens (tertiary/aromatic N) is 1. The third kappa shape index (κ3) is 5.14. The molecule has 0 fully saturated rings. The van der Waals surface area contributed by atoms with Crippen LogP contribution in [0.2, 0.25) is 0 Å². The van der Waals surface area contributed by atoms with E-state index in [1.54, 1.807) is 6.92 Å². The smallest absolute Gasteiger partial charge is 0.426 e. The zero-order chi connectivity index (χ0) is 13.9. The van der Waals surface area contributed by atoms with Gasteiger partial charge in [-0.2, -0.15) is 26.3 Å². The molecule has 0 aromatic rings. The Balaban J connectivity index is 4.73. The van der Waals surface area contributed by atoms with Crippen LogP contribution in [0.4, 0.5) is 31.1 Å². The van der Waals surface area contributed by atoms with E-state index < -0.39 is 24.5 Å². The second-order valence-electron chi connectivity index (χ2n) is 3.27. The van der Waals surface area contributed by atoms with Crippen LogP contribution in [0.15, 0.2) is 0 Å². The Morgan fingerprint density at radius 2 is 1.59 bits per heavy atom. The molecule has 0 rings (SSSR count). The zero-order valence-electron chi connectivity index (χ0n) is 9.02. The van der Waals surface area contributed by atoms with Gasteiger partial charge in [0.1, 0.15) is 0 Å². The third-order valence-corrected chi connectivity index (χ3v) is 1.68. The molecule has 3 nitrogen and oxygen atoms in total. The summed E-state index contributed by atoms with van der Waals surface area (Å²) in [5.74, 6) is 0. The van der Waals surface area contributed by atoms with Crippen molar-refractivity contribution >= 4 is 6.09 Å². The quantitative estimate of drug-likeness (QED) is 0.736. The number of carbonyl (C=O) groups is 1. The average molecular weight is 267 g/mol. The van der Waals surface area contributed by atoms with Crippen molar-refractivity contribution in [1.82, 2.24) is 4.90 Å². The van der Waals surface area contributed by atoms with Crippen molar-refractivity contribution in [3.05, 3.63) is 0 Å². The molecule has 0 saturated heterocycles. The molecule has 0 saturated carbocycles. The number of halogens is 6. The lowest BCUT2D eigenvalue weighted by atomic mass is 10.3. The molecule has 0 unspecified atom stereocenters. The SMILES string of the molecule is CCCN(C)C(=O)OC(C(F)(F)F)C(F)(F)F. The number of rotatable bonds is 3. The standard InChI is InChI=1S/C8H11F6NO2/c1-3-4-15(2)6(16)17-5(7(9,10)11)8(12,13)14/h5H,3-4H2,1-2H3. The van der Waals surface area contributed by atoms with Gasteiger partial charge in [-0.15, -0.1) is 0 Å². The number of carbonyl (C=O) groups excluding carboxylic acids is 1. The van der Waals surface area contributed by atoms with Crippen LogP contribution in [-0.4, -0.2) is 43.0 Å². The molecule has 17 heavy (non-hydrogen) atoms. The van der Waals surface area contributed by atoms with Crippen LogP contribution < -0.4 is 0 Å². The van der Waals surface area contributed by atoms with E-state index in [-0.39, 0.29) is 6.54 Å². The highest BCUT2D eigenvalue weighted by molar-refractivity contribution is 5.67. The van der Waals surface area contributed by atoms with E-state index in [1.165, 1.54) is 0 Å². The molecule has 9 heteroatoms. The Morgan fingerprint density at radius 1 is 1.18 bits per heavy atom. The van der Waals surface area contributed by atoms with E-state index in [0.717, 1.165) is 7.05 Å². The van der Waals surface area contributed by atoms with Crippen molar-refractivity contribution in [3.8, 4) is 0 Å². The molecule has 0 radical (unpaired) electrons. The Labute approximate surface area is 93.3 Å². The molecule has 102 valence electrons. The minimum absolute atomic E-state index is 0.00126. The van der Waals surface area contributed by atoms with Gasteiger partial charge < -0.3 is 9.64 Å². The van der Waals surface area contributed by atoms with Crippen LogP contribution in [0.25, 0.3) is 0 Å². The molecule has 1 amide bonds.